The lowest BCUT2D eigenvalue weighted by atomic mass is 10.1. The third kappa shape index (κ3) is 3.76. The van der Waals surface area contributed by atoms with Crippen LogP contribution in [0.2, 0.25) is 0 Å². The van der Waals surface area contributed by atoms with Crippen molar-refractivity contribution < 1.29 is 8.42 Å². The molecule has 1 aliphatic heterocycles. The number of benzene rings is 2. The molecule has 0 saturated carbocycles. The Balaban J connectivity index is 1.62. The second-order valence-corrected chi connectivity index (χ2v) is 9.90. The van der Waals surface area contributed by atoms with Crippen LogP contribution in [-0.4, -0.2) is 41.5 Å². The lowest BCUT2D eigenvalue weighted by Gasteiger charge is -2.24. The van der Waals surface area contributed by atoms with Gasteiger partial charge in [0.2, 0.25) is 5.95 Å². The van der Waals surface area contributed by atoms with Crippen molar-refractivity contribution in [3.63, 3.8) is 0 Å². The van der Waals surface area contributed by atoms with Crippen LogP contribution in [-0.2, 0) is 10.0 Å². The van der Waals surface area contributed by atoms with Gasteiger partial charge < -0.3 is 10.6 Å². The van der Waals surface area contributed by atoms with Crippen LogP contribution in [0.25, 0.3) is 22.2 Å². The van der Waals surface area contributed by atoms with Crippen LogP contribution in [0.3, 0.4) is 0 Å². The Hall–Kier alpha value is -3.23. The molecule has 2 aromatic carbocycles. The van der Waals surface area contributed by atoms with E-state index in [9.17, 15) is 8.42 Å². The molecule has 4 aromatic rings. The number of anilines is 1. The predicted molar refractivity (Wildman–Crippen MR) is 126 cm³/mol. The molecule has 1 atom stereocenters. The molecule has 1 fully saturated rings. The number of rotatable bonds is 5. The molecule has 0 spiro atoms. The smallest absolute Gasteiger partial charge is 0.268 e. The monoisotopic (exact) mass is 447 g/mol. The maximum absolute atomic E-state index is 13.4. The van der Waals surface area contributed by atoms with E-state index in [-0.39, 0.29) is 10.9 Å². The highest BCUT2D eigenvalue weighted by molar-refractivity contribution is 7.90. The van der Waals surface area contributed by atoms with Gasteiger partial charge in [-0.15, -0.1) is 0 Å². The first-order valence-corrected chi connectivity index (χ1v) is 12.2. The topological polar surface area (TPSA) is 88.9 Å². The number of para-hydroxylation sites is 1. The van der Waals surface area contributed by atoms with Crippen LogP contribution in [0.4, 0.5) is 5.95 Å². The van der Waals surface area contributed by atoms with Crippen molar-refractivity contribution in [3.05, 3.63) is 72.6 Å². The molecule has 7 nitrogen and oxygen atoms in total. The van der Waals surface area contributed by atoms with Crippen molar-refractivity contribution in [2.45, 2.75) is 30.7 Å². The fourth-order valence-corrected chi connectivity index (χ4v) is 5.58. The van der Waals surface area contributed by atoms with E-state index in [0.29, 0.717) is 11.5 Å². The van der Waals surface area contributed by atoms with E-state index in [0.717, 1.165) is 48.1 Å². The fourth-order valence-electron chi connectivity index (χ4n) is 4.19. The summed E-state index contributed by atoms with van der Waals surface area (Å²) in [5.41, 5.74) is 3.00. The molecule has 0 aliphatic carbocycles. The number of piperidine rings is 1. The van der Waals surface area contributed by atoms with E-state index < -0.39 is 10.0 Å². The fraction of sp³-hybridized carbons (Fsp3) is 0.250. The van der Waals surface area contributed by atoms with E-state index in [4.69, 9.17) is 4.98 Å². The van der Waals surface area contributed by atoms with Crippen molar-refractivity contribution in [2.24, 2.45) is 0 Å². The van der Waals surface area contributed by atoms with Crippen LogP contribution >= 0.6 is 0 Å². The minimum atomic E-state index is -3.75. The zero-order valence-corrected chi connectivity index (χ0v) is 18.6. The lowest BCUT2D eigenvalue weighted by molar-refractivity contribution is 0.478. The van der Waals surface area contributed by atoms with Crippen molar-refractivity contribution in [1.82, 2.24) is 19.3 Å². The van der Waals surface area contributed by atoms with Gasteiger partial charge >= 0.3 is 0 Å². The zero-order valence-electron chi connectivity index (χ0n) is 17.8. The summed E-state index contributed by atoms with van der Waals surface area (Å²) in [6, 6.07) is 16.3. The van der Waals surface area contributed by atoms with Crippen molar-refractivity contribution in [3.8, 4) is 11.3 Å². The highest BCUT2D eigenvalue weighted by Gasteiger charge is 2.23. The van der Waals surface area contributed by atoms with Crippen molar-refractivity contribution in [2.75, 3.05) is 18.4 Å². The number of aryl methyl sites for hydroxylation is 1. The van der Waals surface area contributed by atoms with Crippen LogP contribution < -0.4 is 10.6 Å². The van der Waals surface area contributed by atoms with Gasteiger partial charge in [-0.05, 0) is 50.1 Å². The minimum Gasteiger partial charge on any atom is -0.350 e. The molecule has 0 radical (unpaired) electrons. The van der Waals surface area contributed by atoms with E-state index in [1.165, 1.54) is 3.97 Å². The predicted octanol–water partition coefficient (Wildman–Crippen LogP) is 3.81. The van der Waals surface area contributed by atoms with Gasteiger partial charge in [-0.1, -0.05) is 36.4 Å². The third-order valence-electron chi connectivity index (χ3n) is 5.83. The molecule has 3 heterocycles. The summed E-state index contributed by atoms with van der Waals surface area (Å²) in [5.74, 6) is 0.557. The average molecular weight is 448 g/mol. The maximum atomic E-state index is 13.4. The number of nitrogens with zero attached hydrogens (tertiary/aromatic N) is 3. The summed E-state index contributed by atoms with van der Waals surface area (Å²) in [6.45, 7) is 3.86. The Labute approximate surface area is 187 Å². The Kier molecular flexibility index (Phi) is 5.40. The average Bonchev–Trinajstić information content (AvgIpc) is 3.22. The summed E-state index contributed by atoms with van der Waals surface area (Å²) in [6.07, 6.45) is 5.64. The Morgan fingerprint density at radius 2 is 1.88 bits per heavy atom. The molecular weight excluding hydrogens is 422 g/mol. The lowest BCUT2D eigenvalue weighted by Crippen LogP contribution is -2.38. The molecule has 32 heavy (non-hydrogen) atoms. The first-order chi connectivity index (χ1) is 15.5. The Morgan fingerprint density at radius 3 is 2.66 bits per heavy atom. The molecule has 2 N–H and O–H groups in total. The molecule has 1 saturated heterocycles. The molecule has 0 unspecified atom stereocenters. The first-order valence-electron chi connectivity index (χ1n) is 10.8. The molecule has 0 amide bonds. The normalized spacial score (nSPS) is 16.8. The standard InChI is InChI=1S/C24H25N5O2S/c1-17-14-26-24(27-18-8-7-13-25-15-18)28-23(17)21-16-29(22-12-6-5-11-20(21)22)32(30,31)19-9-3-2-4-10-19/h2-6,9-12,14,16,18,25H,7-8,13,15H2,1H3,(H,26,27,28)/t18-/m1/s1. The molecule has 5 rings (SSSR count). The second kappa shape index (κ2) is 8.37. The van der Waals surface area contributed by atoms with Gasteiger partial charge in [-0.25, -0.2) is 22.4 Å². The zero-order chi connectivity index (χ0) is 22.1. The van der Waals surface area contributed by atoms with Crippen LogP contribution in [0.15, 0.2) is 71.9 Å². The SMILES string of the molecule is Cc1cnc(N[C@@H]2CCCNC2)nc1-c1cn(S(=O)(=O)c2ccccc2)c2ccccc12. The largest absolute Gasteiger partial charge is 0.350 e. The van der Waals surface area contributed by atoms with E-state index in [2.05, 4.69) is 15.6 Å². The number of fused-ring (bicyclic) bond motifs is 1. The summed E-state index contributed by atoms with van der Waals surface area (Å²) < 4.78 is 28.2. The summed E-state index contributed by atoms with van der Waals surface area (Å²) in [4.78, 5) is 9.51. The van der Waals surface area contributed by atoms with E-state index in [1.807, 2.05) is 31.2 Å². The number of nitrogens with one attached hydrogen (secondary N) is 2. The second-order valence-electron chi connectivity index (χ2n) is 8.09. The van der Waals surface area contributed by atoms with Gasteiger partial charge in [0.05, 0.1) is 16.1 Å². The van der Waals surface area contributed by atoms with Gasteiger partial charge in [0, 0.05) is 35.9 Å². The maximum Gasteiger partial charge on any atom is 0.268 e. The summed E-state index contributed by atoms with van der Waals surface area (Å²) in [5, 5.41) is 7.64. The van der Waals surface area contributed by atoms with Gasteiger partial charge in [0.25, 0.3) is 10.0 Å². The minimum absolute atomic E-state index is 0.249. The van der Waals surface area contributed by atoms with Crippen molar-refractivity contribution in [1.29, 1.82) is 0 Å². The number of hydrogen-bond donors (Lipinski definition) is 2. The van der Waals surface area contributed by atoms with Crippen LogP contribution in [0.5, 0.6) is 0 Å². The summed E-state index contributed by atoms with van der Waals surface area (Å²) in [7, 11) is -3.75. The van der Waals surface area contributed by atoms with Gasteiger partial charge in [0.1, 0.15) is 0 Å². The van der Waals surface area contributed by atoms with Crippen molar-refractivity contribution >= 4 is 26.9 Å². The molecule has 1 aliphatic rings. The van der Waals surface area contributed by atoms with Crippen LogP contribution in [0.1, 0.15) is 18.4 Å². The Bertz CT molecular complexity index is 1360. The number of aromatic nitrogens is 3. The molecule has 0 bridgehead atoms. The molecule has 164 valence electrons. The van der Waals surface area contributed by atoms with E-state index >= 15 is 0 Å². The third-order valence-corrected chi connectivity index (χ3v) is 7.52. The van der Waals surface area contributed by atoms with Crippen LogP contribution in [0, 0.1) is 6.92 Å². The van der Waals surface area contributed by atoms with Gasteiger partial charge in [0.15, 0.2) is 0 Å². The highest BCUT2D eigenvalue weighted by atomic mass is 32.2. The quantitative estimate of drug-likeness (QED) is 0.484. The molecule has 2 aromatic heterocycles. The highest BCUT2D eigenvalue weighted by Crippen LogP contribution is 2.34. The first kappa shape index (κ1) is 20.7. The van der Waals surface area contributed by atoms with E-state index in [1.54, 1.807) is 42.7 Å². The molecule has 8 heteroatoms. The van der Waals surface area contributed by atoms with Gasteiger partial charge in [-0.3, -0.25) is 0 Å². The molecular formula is C24H25N5O2S. The summed E-state index contributed by atoms with van der Waals surface area (Å²) >= 11 is 0. The number of hydrogen-bond acceptors (Lipinski definition) is 6. The van der Waals surface area contributed by atoms with Gasteiger partial charge in [-0.2, -0.15) is 0 Å². The Morgan fingerprint density at radius 1 is 1.09 bits per heavy atom.